The highest BCUT2D eigenvalue weighted by molar-refractivity contribution is 5.17. The fraction of sp³-hybridized carbons (Fsp3) is 0.810. The predicted octanol–water partition coefficient (Wildman–Crippen LogP) is 4.86. The van der Waals surface area contributed by atoms with Crippen LogP contribution in [0, 0.1) is 23.7 Å². The van der Waals surface area contributed by atoms with Crippen LogP contribution in [-0.2, 0) is 0 Å². The lowest BCUT2D eigenvalue weighted by Gasteiger charge is -2.44. The van der Waals surface area contributed by atoms with E-state index in [1.54, 1.807) is 0 Å². The number of aliphatic hydroxyl groups is 2. The van der Waals surface area contributed by atoms with Crippen molar-refractivity contribution in [3.63, 3.8) is 0 Å². The maximum Gasteiger partial charge on any atom is 0.0601 e. The highest BCUT2D eigenvalue weighted by atomic mass is 16.3. The Morgan fingerprint density at radius 2 is 1.87 bits per heavy atom. The molecule has 0 spiro atoms. The Balaban J connectivity index is 2.07. The molecule has 0 aromatic carbocycles. The van der Waals surface area contributed by atoms with Crippen molar-refractivity contribution in [1.29, 1.82) is 0 Å². The van der Waals surface area contributed by atoms with Crippen molar-refractivity contribution >= 4 is 0 Å². The first-order valence-corrected chi connectivity index (χ1v) is 9.62. The van der Waals surface area contributed by atoms with Crippen molar-refractivity contribution in [2.45, 2.75) is 84.3 Å². The molecule has 2 N–H and O–H groups in total. The maximum atomic E-state index is 10.8. The van der Waals surface area contributed by atoms with Crippen LogP contribution in [0.1, 0.15) is 72.1 Å². The number of aliphatic hydroxyl groups excluding tert-OH is 2. The Labute approximate surface area is 142 Å². The molecule has 0 bridgehead atoms. The number of hydrogen-bond acceptors (Lipinski definition) is 2. The van der Waals surface area contributed by atoms with Crippen molar-refractivity contribution in [2.24, 2.45) is 23.7 Å². The molecule has 2 aliphatic carbocycles. The zero-order valence-electron chi connectivity index (χ0n) is 15.3. The third kappa shape index (κ3) is 4.70. The van der Waals surface area contributed by atoms with E-state index in [0.29, 0.717) is 11.8 Å². The van der Waals surface area contributed by atoms with Crippen LogP contribution < -0.4 is 0 Å². The zero-order valence-corrected chi connectivity index (χ0v) is 15.3. The number of allylic oxidation sites excluding steroid dienone is 3. The highest BCUT2D eigenvalue weighted by Gasteiger charge is 2.43. The normalized spacial score (nSPS) is 38.2. The second-order valence-electron chi connectivity index (χ2n) is 8.13. The fourth-order valence-electron chi connectivity index (χ4n) is 4.84. The first-order valence-electron chi connectivity index (χ1n) is 9.62. The van der Waals surface area contributed by atoms with Gasteiger partial charge in [-0.3, -0.25) is 0 Å². The van der Waals surface area contributed by atoms with Crippen LogP contribution in [0.2, 0.25) is 0 Å². The number of rotatable bonds is 6. The fourth-order valence-corrected chi connectivity index (χ4v) is 4.84. The minimum Gasteiger partial charge on any atom is -0.393 e. The van der Waals surface area contributed by atoms with E-state index in [1.807, 2.05) is 0 Å². The second kappa shape index (κ2) is 8.48. The minimum absolute atomic E-state index is 0.0191. The smallest absolute Gasteiger partial charge is 0.0601 e. The summed E-state index contributed by atoms with van der Waals surface area (Å²) in [4.78, 5) is 0. The van der Waals surface area contributed by atoms with Gasteiger partial charge in [-0.25, -0.2) is 0 Å². The molecule has 2 aliphatic rings. The van der Waals surface area contributed by atoms with Gasteiger partial charge in [0.25, 0.3) is 0 Å². The van der Waals surface area contributed by atoms with E-state index in [-0.39, 0.29) is 24.0 Å². The molecule has 0 aromatic heterocycles. The van der Waals surface area contributed by atoms with E-state index in [4.69, 9.17) is 0 Å². The lowest BCUT2D eigenvalue weighted by atomic mass is 9.63. The molecule has 0 heterocycles. The van der Waals surface area contributed by atoms with Crippen LogP contribution in [0.25, 0.3) is 0 Å². The molecule has 132 valence electrons. The molecule has 1 fully saturated rings. The van der Waals surface area contributed by atoms with Gasteiger partial charge in [-0.1, -0.05) is 56.4 Å². The van der Waals surface area contributed by atoms with Crippen molar-refractivity contribution in [3.05, 3.63) is 23.8 Å². The van der Waals surface area contributed by atoms with E-state index in [1.165, 1.54) is 30.4 Å². The van der Waals surface area contributed by atoms with Gasteiger partial charge in [0.1, 0.15) is 0 Å². The average Bonchev–Trinajstić information content (AvgIpc) is 2.46. The standard InChI is InChI=1S/C21H36O2/c1-5-6-7-8-16-12-19(22)21(20(23)13-16)18-11-15(4)9-10-17(18)14(2)3/h11,16-23H,2,5-10,12-13H2,1,3-4H3/t16?,17-,18+,19?,20?,21?/m0/s1. The monoisotopic (exact) mass is 320 g/mol. The Morgan fingerprint density at radius 1 is 1.22 bits per heavy atom. The van der Waals surface area contributed by atoms with E-state index < -0.39 is 0 Å². The van der Waals surface area contributed by atoms with Crippen molar-refractivity contribution in [3.8, 4) is 0 Å². The number of hydrogen-bond donors (Lipinski definition) is 2. The lowest BCUT2D eigenvalue weighted by Crippen LogP contribution is -2.46. The Morgan fingerprint density at radius 3 is 2.43 bits per heavy atom. The zero-order chi connectivity index (χ0) is 17.0. The Kier molecular flexibility index (Phi) is 6.91. The third-order valence-corrected chi connectivity index (χ3v) is 6.12. The van der Waals surface area contributed by atoms with E-state index in [2.05, 4.69) is 33.4 Å². The van der Waals surface area contributed by atoms with Crippen LogP contribution in [0.4, 0.5) is 0 Å². The van der Waals surface area contributed by atoms with Crippen molar-refractivity contribution in [2.75, 3.05) is 0 Å². The first kappa shape index (κ1) is 18.7. The summed E-state index contributed by atoms with van der Waals surface area (Å²) in [5, 5.41) is 21.6. The second-order valence-corrected chi connectivity index (χ2v) is 8.13. The van der Waals surface area contributed by atoms with Crippen LogP contribution >= 0.6 is 0 Å². The van der Waals surface area contributed by atoms with Gasteiger partial charge >= 0.3 is 0 Å². The quantitative estimate of drug-likeness (QED) is 0.542. The van der Waals surface area contributed by atoms with Gasteiger partial charge < -0.3 is 10.2 Å². The van der Waals surface area contributed by atoms with Gasteiger partial charge in [0.15, 0.2) is 0 Å². The van der Waals surface area contributed by atoms with Crippen LogP contribution in [0.3, 0.4) is 0 Å². The van der Waals surface area contributed by atoms with Crippen molar-refractivity contribution in [1.82, 2.24) is 0 Å². The summed E-state index contributed by atoms with van der Waals surface area (Å²) in [6.07, 6.45) is 10.4. The summed E-state index contributed by atoms with van der Waals surface area (Å²) in [6.45, 7) is 10.7. The van der Waals surface area contributed by atoms with Crippen LogP contribution in [0.5, 0.6) is 0 Å². The maximum absolute atomic E-state index is 10.8. The molecule has 4 atom stereocenters. The Hall–Kier alpha value is -0.600. The van der Waals surface area contributed by atoms with Gasteiger partial charge in [-0.15, -0.1) is 0 Å². The summed E-state index contributed by atoms with van der Waals surface area (Å²) in [5.74, 6) is 1.13. The van der Waals surface area contributed by atoms with E-state index in [0.717, 1.165) is 32.1 Å². The third-order valence-electron chi connectivity index (χ3n) is 6.12. The average molecular weight is 321 g/mol. The van der Waals surface area contributed by atoms with Crippen molar-refractivity contribution < 1.29 is 10.2 Å². The first-order chi connectivity index (χ1) is 10.9. The summed E-state index contributed by atoms with van der Waals surface area (Å²) < 4.78 is 0. The summed E-state index contributed by atoms with van der Waals surface area (Å²) in [6, 6.07) is 0. The van der Waals surface area contributed by atoms with Gasteiger partial charge in [0, 0.05) is 5.92 Å². The molecule has 2 rings (SSSR count). The highest BCUT2D eigenvalue weighted by Crippen LogP contribution is 2.44. The molecule has 0 aliphatic heterocycles. The summed E-state index contributed by atoms with van der Waals surface area (Å²) >= 11 is 0. The molecule has 2 nitrogen and oxygen atoms in total. The number of unbranched alkanes of at least 4 members (excludes halogenated alkanes) is 2. The van der Waals surface area contributed by atoms with Gasteiger partial charge in [0.05, 0.1) is 12.2 Å². The molecular formula is C21H36O2. The molecular weight excluding hydrogens is 284 g/mol. The molecule has 0 amide bonds. The molecule has 2 unspecified atom stereocenters. The SMILES string of the molecule is C=C(C)[C@@H]1CCC(C)=C[C@H]1C1C(O)CC(CCCCC)CC1O. The van der Waals surface area contributed by atoms with Gasteiger partial charge in [0.2, 0.25) is 0 Å². The largest absolute Gasteiger partial charge is 0.393 e. The topological polar surface area (TPSA) is 40.5 Å². The summed E-state index contributed by atoms with van der Waals surface area (Å²) in [5.41, 5.74) is 2.60. The molecule has 23 heavy (non-hydrogen) atoms. The van der Waals surface area contributed by atoms with Gasteiger partial charge in [-0.05, 0) is 57.3 Å². The molecule has 2 heteroatoms. The summed E-state index contributed by atoms with van der Waals surface area (Å²) in [7, 11) is 0. The molecule has 0 saturated heterocycles. The van der Waals surface area contributed by atoms with Gasteiger partial charge in [-0.2, -0.15) is 0 Å². The molecule has 0 aromatic rings. The van der Waals surface area contributed by atoms with Crippen LogP contribution in [0.15, 0.2) is 23.8 Å². The van der Waals surface area contributed by atoms with E-state index >= 15 is 0 Å². The molecule has 0 radical (unpaired) electrons. The lowest BCUT2D eigenvalue weighted by molar-refractivity contribution is -0.0716. The predicted molar refractivity (Wildman–Crippen MR) is 97.2 cm³/mol. The Bertz CT molecular complexity index is 414. The van der Waals surface area contributed by atoms with Crippen LogP contribution in [-0.4, -0.2) is 22.4 Å². The van der Waals surface area contributed by atoms with E-state index in [9.17, 15) is 10.2 Å². The molecule has 1 saturated carbocycles. The minimum atomic E-state index is -0.376.